The van der Waals surface area contributed by atoms with Gasteiger partial charge in [-0.2, -0.15) is 9.97 Å². The minimum Gasteiger partial charge on any atom is -0.481 e. The van der Waals surface area contributed by atoms with Gasteiger partial charge < -0.3 is 14.2 Å². The van der Waals surface area contributed by atoms with E-state index in [1.807, 2.05) is 30.3 Å². The molecule has 2 atom stereocenters. The number of carbonyl (C=O) groups is 1. The lowest BCUT2D eigenvalue weighted by Gasteiger charge is -2.20. The van der Waals surface area contributed by atoms with E-state index in [1.165, 1.54) is 26.0 Å². The zero-order valence-electron chi connectivity index (χ0n) is 15.0. The third kappa shape index (κ3) is 5.70. The van der Waals surface area contributed by atoms with E-state index in [4.69, 9.17) is 14.2 Å². The van der Waals surface area contributed by atoms with Crippen molar-refractivity contribution in [3.05, 3.63) is 42.0 Å². The van der Waals surface area contributed by atoms with Gasteiger partial charge in [-0.1, -0.05) is 63.7 Å². The molecule has 6 nitrogen and oxygen atoms in total. The Morgan fingerprint density at radius 1 is 1.22 bits per heavy atom. The highest BCUT2D eigenvalue weighted by Gasteiger charge is 2.35. The largest absolute Gasteiger partial charge is 0.481 e. The Morgan fingerprint density at radius 3 is 2.52 bits per heavy atom. The molecular weight excluding hydrogens is 404 g/mol. The van der Waals surface area contributed by atoms with E-state index in [0.29, 0.717) is 16.9 Å². The summed E-state index contributed by atoms with van der Waals surface area (Å²) in [5.74, 6) is 1.55. The molecule has 0 spiro atoms. The molecule has 0 saturated carbocycles. The molecule has 1 saturated heterocycles. The van der Waals surface area contributed by atoms with E-state index in [0.717, 1.165) is 17.7 Å². The molecule has 1 aromatic heterocycles. The van der Waals surface area contributed by atoms with Crippen LogP contribution in [-0.2, 0) is 16.1 Å². The summed E-state index contributed by atoms with van der Waals surface area (Å²) < 4.78 is 16.0. The Labute approximate surface area is 170 Å². The summed E-state index contributed by atoms with van der Waals surface area (Å²) in [6, 6.07) is 11.3. The van der Waals surface area contributed by atoms with Gasteiger partial charge in [-0.05, 0) is 12.0 Å². The van der Waals surface area contributed by atoms with Crippen molar-refractivity contribution >= 4 is 39.3 Å². The average Bonchev–Trinajstić information content (AvgIpc) is 3.25. The number of rotatable bonds is 8. The smallest absolute Gasteiger partial charge is 0.321 e. The van der Waals surface area contributed by atoms with Gasteiger partial charge in [0.1, 0.15) is 11.9 Å². The summed E-state index contributed by atoms with van der Waals surface area (Å²) in [5.41, 5.74) is 0.961. The summed E-state index contributed by atoms with van der Waals surface area (Å²) in [5, 5.41) is 0.181. The van der Waals surface area contributed by atoms with E-state index in [9.17, 15) is 4.79 Å². The molecule has 144 valence electrons. The first-order chi connectivity index (χ1) is 13.2. The van der Waals surface area contributed by atoms with Crippen molar-refractivity contribution in [1.29, 1.82) is 0 Å². The van der Waals surface area contributed by atoms with Crippen molar-refractivity contribution in [2.75, 3.05) is 20.0 Å². The van der Waals surface area contributed by atoms with Crippen LogP contribution in [-0.4, -0.2) is 46.4 Å². The maximum absolute atomic E-state index is 12.8. The van der Waals surface area contributed by atoms with Crippen LogP contribution in [0.3, 0.4) is 0 Å². The molecule has 1 fully saturated rings. The molecule has 0 bridgehead atoms. The number of thioether (sulfide) groups is 1. The van der Waals surface area contributed by atoms with Crippen molar-refractivity contribution in [2.24, 2.45) is 0 Å². The summed E-state index contributed by atoms with van der Waals surface area (Å²) in [7, 11) is 6.56. The normalized spacial score (nSPS) is 17.3. The van der Waals surface area contributed by atoms with Gasteiger partial charge in [-0.3, -0.25) is 4.79 Å². The van der Waals surface area contributed by atoms with Crippen molar-refractivity contribution < 1.29 is 19.0 Å². The molecule has 0 N–H and O–H groups in total. The Morgan fingerprint density at radius 2 is 1.93 bits per heavy atom. The molecule has 0 radical (unpaired) electrons. The Kier molecular flexibility index (Phi) is 7.54. The topological polar surface area (TPSA) is 70.5 Å². The molecule has 1 aromatic carbocycles. The predicted molar refractivity (Wildman–Crippen MR) is 109 cm³/mol. The van der Waals surface area contributed by atoms with Gasteiger partial charge in [-0.15, -0.1) is 0 Å². The first kappa shape index (κ1) is 20.2. The maximum Gasteiger partial charge on any atom is 0.321 e. The SMILES string of the molecule is COc1cc(OC)nc(SC(C(=O)OCc2ccccc2)C2CCSS2)n1. The van der Waals surface area contributed by atoms with E-state index in [2.05, 4.69) is 9.97 Å². The number of benzene rings is 1. The van der Waals surface area contributed by atoms with Crippen LogP contribution in [0.2, 0.25) is 0 Å². The van der Waals surface area contributed by atoms with Gasteiger partial charge in [0.15, 0.2) is 5.16 Å². The number of methoxy groups -OCH3 is 2. The molecule has 1 aliphatic rings. The number of carbonyl (C=O) groups excluding carboxylic acids is 1. The van der Waals surface area contributed by atoms with Crippen LogP contribution in [0, 0.1) is 0 Å². The summed E-state index contributed by atoms with van der Waals surface area (Å²) in [6.45, 7) is 0.254. The lowest BCUT2D eigenvalue weighted by molar-refractivity contribution is -0.144. The fourth-order valence-electron chi connectivity index (χ4n) is 2.40. The zero-order valence-corrected chi connectivity index (χ0v) is 17.4. The Hall–Kier alpha value is -1.58. The van der Waals surface area contributed by atoms with Gasteiger partial charge in [0, 0.05) is 11.0 Å². The van der Waals surface area contributed by atoms with Crippen molar-refractivity contribution in [3.63, 3.8) is 0 Å². The van der Waals surface area contributed by atoms with Gasteiger partial charge in [-0.25, -0.2) is 0 Å². The van der Waals surface area contributed by atoms with Crippen LogP contribution >= 0.6 is 33.3 Å². The van der Waals surface area contributed by atoms with Gasteiger partial charge in [0.25, 0.3) is 0 Å². The molecule has 3 rings (SSSR count). The highest BCUT2D eigenvalue weighted by atomic mass is 33.1. The van der Waals surface area contributed by atoms with Gasteiger partial charge >= 0.3 is 5.97 Å². The number of ether oxygens (including phenoxy) is 3. The first-order valence-electron chi connectivity index (χ1n) is 8.32. The Balaban J connectivity index is 1.74. The number of nitrogens with zero attached hydrogens (tertiary/aromatic N) is 2. The molecule has 1 aliphatic heterocycles. The van der Waals surface area contributed by atoms with E-state index < -0.39 is 5.25 Å². The second kappa shape index (κ2) is 10.1. The molecule has 2 unspecified atom stereocenters. The first-order valence-corrected chi connectivity index (χ1v) is 11.6. The quantitative estimate of drug-likeness (QED) is 0.272. The lowest BCUT2D eigenvalue weighted by atomic mass is 10.2. The van der Waals surface area contributed by atoms with Crippen LogP contribution < -0.4 is 9.47 Å². The Bertz CT molecular complexity index is 735. The van der Waals surface area contributed by atoms with Crippen LogP contribution in [0.4, 0.5) is 0 Å². The van der Waals surface area contributed by atoms with Gasteiger partial charge in [0.2, 0.25) is 11.8 Å². The summed E-state index contributed by atoms with van der Waals surface area (Å²) in [4.78, 5) is 21.5. The fraction of sp³-hybridized carbons (Fsp3) is 0.389. The monoisotopic (exact) mass is 424 g/mol. The highest BCUT2D eigenvalue weighted by molar-refractivity contribution is 8.77. The summed E-state index contributed by atoms with van der Waals surface area (Å²) >= 11 is 1.30. The minimum absolute atomic E-state index is 0.143. The van der Waals surface area contributed by atoms with Gasteiger partial charge in [0.05, 0.1) is 20.3 Å². The van der Waals surface area contributed by atoms with Crippen molar-refractivity contribution in [3.8, 4) is 11.8 Å². The second-order valence-corrected chi connectivity index (χ2v) is 9.45. The number of esters is 1. The molecule has 9 heteroatoms. The lowest BCUT2D eigenvalue weighted by Crippen LogP contribution is -2.29. The van der Waals surface area contributed by atoms with E-state index in [-0.39, 0.29) is 17.8 Å². The molecule has 2 heterocycles. The van der Waals surface area contributed by atoms with E-state index >= 15 is 0 Å². The number of aromatic nitrogens is 2. The minimum atomic E-state index is -0.398. The van der Waals surface area contributed by atoms with Crippen molar-refractivity contribution in [1.82, 2.24) is 9.97 Å². The standard InChI is InChI=1S/C18H20N2O4S3/c1-22-14-10-15(23-2)20-18(19-14)26-16(13-8-9-25-27-13)17(21)24-11-12-6-4-3-5-7-12/h3-7,10,13,16H,8-9,11H2,1-2H3. The molecule has 0 amide bonds. The maximum atomic E-state index is 12.8. The van der Waals surface area contributed by atoms with Crippen LogP contribution in [0.1, 0.15) is 12.0 Å². The number of hydrogen-bond acceptors (Lipinski definition) is 9. The van der Waals surface area contributed by atoms with Crippen LogP contribution in [0.5, 0.6) is 11.8 Å². The molecule has 2 aromatic rings. The second-order valence-electron chi connectivity index (χ2n) is 5.61. The molecule has 27 heavy (non-hydrogen) atoms. The zero-order chi connectivity index (χ0) is 19.1. The predicted octanol–water partition coefficient (Wildman–Crippen LogP) is 3.85. The number of hydrogen-bond donors (Lipinski definition) is 0. The van der Waals surface area contributed by atoms with Crippen LogP contribution in [0.25, 0.3) is 0 Å². The fourth-order valence-corrected chi connectivity index (χ4v) is 6.82. The van der Waals surface area contributed by atoms with E-state index in [1.54, 1.807) is 27.7 Å². The third-order valence-corrected chi connectivity index (χ3v) is 8.06. The van der Waals surface area contributed by atoms with Crippen LogP contribution in [0.15, 0.2) is 41.6 Å². The molecular formula is C18H20N2O4S3. The third-order valence-electron chi connectivity index (χ3n) is 3.78. The summed E-state index contributed by atoms with van der Waals surface area (Å²) in [6.07, 6.45) is 0.939. The van der Waals surface area contributed by atoms with Crippen molar-refractivity contribution in [2.45, 2.75) is 28.7 Å². The molecule has 0 aliphatic carbocycles. The highest BCUT2D eigenvalue weighted by Crippen LogP contribution is 2.44. The average molecular weight is 425 g/mol.